The van der Waals surface area contributed by atoms with E-state index in [-0.39, 0.29) is 5.56 Å². The summed E-state index contributed by atoms with van der Waals surface area (Å²) in [6.07, 6.45) is 4.11. The van der Waals surface area contributed by atoms with E-state index in [9.17, 15) is 9.90 Å². The van der Waals surface area contributed by atoms with Gasteiger partial charge in [0.2, 0.25) is 0 Å². The number of aromatic nitrogens is 2. The van der Waals surface area contributed by atoms with Gasteiger partial charge in [-0.3, -0.25) is 4.98 Å². The molecule has 27 heavy (non-hydrogen) atoms. The van der Waals surface area contributed by atoms with Crippen LogP contribution in [0, 0.1) is 6.92 Å². The molecule has 0 aliphatic heterocycles. The summed E-state index contributed by atoms with van der Waals surface area (Å²) < 4.78 is 12.6. The van der Waals surface area contributed by atoms with Crippen molar-refractivity contribution in [3.63, 3.8) is 0 Å². The second-order valence-corrected chi connectivity index (χ2v) is 6.15. The molecule has 0 saturated heterocycles. The Morgan fingerprint density at radius 2 is 1.93 bits per heavy atom. The summed E-state index contributed by atoms with van der Waals surface area (Å²) in [6.45, 7) is 2.40. The molecule has 0 bridgehead atoms. The zero-order chi connectivity index (χ0) is 19.4. The van der Waals surface area contributed by atoms with E-state index in [4.69, 9.17) is 9.47 Å². The van der Waals surface area contributed by atoms with Crippen LogP contribution in [0.4, 0.5) is 0 Å². The summed E-state index contributed by atoms with van der Waals surface area (Å²) in [4.78, 5) is 15.6. The average Bonchev–Trinajstić information content (AvgIpc) is 3.03. The molecule has 0 radical (unpaired) electrons. The van der Waals surface area contributed by atoms with Gasteiger partial charge in [-0.15, -0.1) is 0 Å². The van der Waals surface area contributed by atoms with Crippen LogP contribution in [0.2, 0.25) is 0 Å². The maximum Gasteiger partial charge on any atom is 0.160 e. The number of carboxylic acid groups (broad SMARTS) is 1. The molecule has 0 aliphatic carbocycles. The first kappa shape index (κ1) is 18.5. The molecular formula is C21H21N2O4-. The van der Waals surface area contributed by atoms with Crippen LogP contribution in [-0.4, -0.2) is 29.7 Å². The summed E-state index contributed by atoms with van der Waals surface area (Å²) in [5.41, 5.74) is 3.59. The molecule has 0 spiro atoms. The van der Waals surface area contributed by atoms with Crippen molar-refractivity contribution in [2.45, 2.75) is 19.9 Å². The smallest absolute Gasteiger partial charge is 0.160 e. The third-order valence-electron chi connectivity index (χ3n) is 4.62. The molecule has 3 aromatic rings. The first-order valence-corrected chi connectivity index (χ1v) is 8.58. The Morgan fingerprint density at radius 1 is 1.15 bits per heavy atom. The number of nitrogens with zero attached hydrogens (tertiary/aromatic N) is 2. The van der Waals surface area contributed by atoms with Gasteiger partial charge in [-0.05, 0) is 49.2 Å². The topological polar surface area (TPSA) is 76.4 Å². The van der Waals surface area contributed by atoms with Crippen LogP contribution in [0.5, 0.6) is 11.5 Å². The Balaban J connectivity index is 1.93. The van der Waals surface area contributed by atoms with Crippen molar-refractivity contribution in [1.29, 1.82) is 0 Å². The normalized spacial score (nSPS) is 10.6. The zero-order valence-electron chi connectivity index (χ0n) is 15.6. The first-order chi connectivity index (χ1) is 13.0. The minimum absolute atomic E-state index is 0.196. The molecule has 140 valence electrons. The molecule has 3 rings (SSSR count). The van der Waals surface area contributed by atoms with E-state index < -0.39 is 5.97 Å². The molecule has 0 saturated carbocycles. The van der Waals surface area contributed by atoms with Gasteiger partial charge in [-0.1, -0.05) is 6.07 Å². The number of hydrogen-bond acceptors (Lipinski definition) is 5. The predicted octanol–water partition coefficient (Wildman–Crippen LogP) is 2.48. The number of aromatic carboxylic acids is 1. The largest absolute Gasteiger partial charge is 0.545 e. The Hall–Kier alpha value is -3.28. The lowest BCUT2D eigenvalue weighted by atomic mass is 10.1. The van der Waals surface area contributed by atoms with E-state index in [0.29, 0.717) is 30.2 Å². The Morgan fingerprint density at radius 3 is 2.56 bits per heavy atom. The summed E-state index contributed by atoms with van der Waals surface area (Å²) in [5.74, 6) is 0.165. The van der Waals surface area contributed by atoms with Crippen LogP contribution >= 0.6 is 0 Å². The fourth-order valence-corrected chi connectivity index (χ4v) is 3.17. The number of carbonyl (C=O) groups is 1. The molecule has 0 N–H and O–H groups in total. The highest BCUT2D eigenvalue weighted by Crippen LogP contribution is 2.29. The number of ether oxygens (including phenoxy) is 2. The minimum Gasteiger partial charge on any atom is -0.545 e. The molecule has 1 aromatic carbocycles. The van der Waals surface area contributed by atoms with Crippen LogP contribution in [-0.2, 0) is 13.0 Å². The summed E-state index contributed by atoms with van der Waals surface area (Å²) in [7, 11) is 3.20. The van der Waals surface area contributed by atoms with Crippen LogP contribution in [0.3, 0.4) is 0 Å². The Bertz CT molecular complexity index is 948. The molecule has 6 heteroatoms. The highest BCUT2D eigenvalue weighted by molar-refractivity contribution is 5.89. The van der Waals surface area contributed by atoms with Gasteiger partial charge in [0, 0.05) is 35.8 Å². The quantitative estimate of drug-likeness (QED) is 0.643. The third-order valence-corrected chi connectivity index (χ3v) is 4.62. The molecule has 2 aromatic heterocycles. The van der Waals surface area contributed by atoms with Crippen molar-refractivity contribution >= 4 is 5.97 Å². The summed E-state index contributed by atoms with van der Waals surface area (Å²) in [6, 6.07) is 11.2. The van der Waals surface area contributed by atoms with Crippen LogP contribution in [0.1, 0.15) is 21.6 Å². The highest BCUT2D eigenvalue weighted by atomic mass is 16.5. The monoisotopic (exact) mass is 365 g/mol. The minimum atomic E-state index is -1.18. The third kappa shape index (κ3) is 3.79. The van der Waals surface area contributed by atoms with Gasteiger partial charge in [-0.2, -0.15) is 0 Å². The standard InChI is InChI=1S/C21H22N2O4/c1-14-17(21(24)25)12-18(16-5-4-9-22-13-16)23(14)10-8-15-6-7-19(26-2)20(11-15)27-3/h4-7,9,11-13H,8,10H2,1-3H3,(H,24,25)/p-1. The van der Waals surface area contributed by atoms with Crippen molar-refractivity contribution in [2.75, 3.05) is 14.2 Å². The van der Waals surface area contributed by atoms with Gasteiger partial charge in [-0.25, -0.2) is 0 Å². The van der Waals surface area contributed by atoms with Crippen molar-refractivity contribution < 1.29 is 19.4 Å². The summed E-state index contributed by atoms with van der Waals surface area (Å²) >= 11 is 0. The van der Waals surface area contributed by atoms with E-state index in [1.54, 1.807) is 39.6 Å². The van der Waals surface area contributed by atoms with Crippen molar-refractivity contribution in [3.05, 3.63) is 65.6 Å². The number of aryl methyl sites for hydroxylation is 1. The Labute approximate surface area is 158 Å². The fraction of sp³-hybridized carbons (Fsp3) is 0.238. The van der Waals surface area contributed by atoms with E-state index in [2.05, 4.69) is 4.98 Å². The average molecular weight is 365 g/mol. The molecule has 0 unspecified atom stereocenters. The second-order valence-electron chi connectivity index (χ2n) is 6.15. The van der Waals surface area contributed by atoms with Gasteiger partial charge in [0.1, 0.15) is 0 Å². The summed E-state index contributed by atoms with van der Waals surface area (Å²) in [5, 5.41) is 11.5. The molecule has 0 aliphatic rings. The molecule has 0 amide bonds. The van der Waals surface area contributed by atoms with Gasteiger partial charge in [0.25, 0.3) is 0 Å². The molecule has 0 atom stereocenters. The van der Waals surface area contributed by atoms with Gasteiger partial charge < -0.3 is 23.9 Å². The van der Waals surface area contributed by atoms with Gasteiger partial charge in [0.05, 0.1) is 25.9 Å². The lowest BCUT2D eigenvalue weighted by Gasteiger charge is -2.14. The molecule has 2 heterocycles. The van der Waals surface area contributed by atoms with E-state index >= 15 is 0 Å². The number of benzene rings is 1. The number of carboxylic acids is 1. The molecular weight excluding hydrogens is 344 g/mol. The molecule has 0 fully saturated rings. The van der Waals surface area contributed by atoms with E-state index in [0.717, 1.165) is 16.8 Å². The van der Waals surface area contributed by atoms with Crippen molar-refractivity contribution in [1.82, 2.24) is 9.55 Å². The van der Waals surface area contributed by atoms with E-state index in [1.165, 1.54) is 0 Å². The number of carbonyl (C=O) groups excluding carboxylic acids is 1. The van der Waals surface area contributed by atoms with Gasteiger partial charge >= 0.3 is 0 Å². The van der Waals surface area contributed by atoms with Crippen LogP contribution < -0.4 is 14.6 Å². The Kier molecular flexibility index (Phi) is 5.45. The number of hydrogen-bond donors (Lipinski definition) is 0. The lowest BCUT2D eigenvalue weighted by Crippen LogP contribution is -2.23. The number of rotatable bonds is 7. The van der Waals surface area contributed by atoms with Crippen LogP contribution in [0.15, 0.2) is 48.8 Å². The number of pyridine rings is 1. The maximum absolute atomic E-state index is 11.5. The fourth-order valence-electron chi connectivity index (χ4n) is 3.17. The SMILES string of the molecule is COc1ccc(CCn2c(-c3cccnc3)cc(C(=O)[O-])c2C)cc1OC. The number of methoxy groups -OCH3 is 2. The first-order valence-electron chi connectivity index (χ1n) is 8.58. The lowest BCUT2D eigenvalue weighted by molar-refractivity contribution is -0.255. The second kappa shape index (κ2) is 7.95. The predicted molar refractivity (Wildman–Crippen MR) is 100.0 cm³/mol. The van der Waals surface area contributed by atoms with Gasteiger partial charge in [0.15, 0.2) is 11.5 Å². The maximum atomic E-state index is 11.5. The van der Waals surface area contributed by atoms with Crippen LogP contribution in [0.25, 0.3) is 11.3 Å². The molecule has 6 nitrogen and oxygen atoms in total. The van der Waals surface area contributed by atoms with Crippen molar-refractivity contribution in [3.8, 4) is 22.8 Å². The van der Waals surface area contributed by atoms with Crippen molar-refractivity contribution in [2.24, 2.45) is 0 Å². The zero-order valence-corrected chi connectivity index (χ0v) is 15.6. The highest BCUT2D eigenvalue weighted by Gasteiger charge is 2.14. The van der Waals surface area contributed by atoms with E-state index in [1.807, 2.05) is 34.9 Å².